The molecule has 0 bridgehead atoms. The van der Waals surface area contributed by atoms with Crippen LogP contribution in [0.15, 0.2) is 25.3 Å². The number of nitrogens with zero attached hydrogens (tertiary/aromatic N) is 8. The van der Waals surface area contributed by atoms with E-state index in [4.69, 9.17) is 39.5 Å². The lowest BCUT2D eigenvalue weighted by Gasteiger charge is -2.28. The highest BCUT2D eigenvalue weighted by Gasteiger charge is 2.77. The van der Waals surface area contributed by atoms with Gasteiger partial charge in [-0.2, -0.15) is 0 Å². The molecule has 47 heavy (non-hydrogen) atoms. The van der Waals surface area contributed by atoms with E-state index in [1.54, 1.807) is 0 Å². The molecular formula is C23H28N10O12P2. The summed E-state index contributed by atoms with van der Waals surface area (Å²) in [6, 6.07) is -0.809. The van der Waals surface area contributed by atoms with Crippen molar-refractivity contribution in [2.45, 2.75) is 48.6 Å². The van der Waals surface area contributed by atoms with Crippen molar-refractivity contribution in [1.82, 2.24) is 39.0 Å². The zero-order valence-electron chi connectivity index (χ0n) is 23.9. The molecule has 11 atom stereocenters. The smallest absolute Gasteiger partial charge is 0.353 e. The maximum atomic E-state index is 13.2. The molecule has 0 radical (unpaired) electrons. The molecule has 8 N–H and O–H groups in total. The van der Waals surface area contributed by atoms with Gasteiger partial charge in [0.25, 0.3) is 0 Å². The van der Waals surface area contributed by atoms with E-state index >= 15 is 0 Å². The summed E-state index contributed by atoms with van der Waals surface area (Å²) >= 11 is 0. The number of ether oxygens (including phenoxy) is 4. The van der Waals surface area contributed by atoms with Crippen LogP contribution in [0.25, 0.3) is 22.3 Å². The molecular weight excluding hydrogens is 670 g/mol. The van der Waals surface area contributed by atoms with Crippen molar-refractivity contribution in [3.8, 4) is 0 Å². The first-order valence-corrected chi connectivity index (χ1v) is 17.6. The minimum absolute atomic E-state index is 0.0841. The fourth-order valence-electron chi connectivity index (χ4n) is 6.41. The highest BCUT2D eigenvalue weighted by atomic mass is 31.2. The van der Waals surface area contributed by atoms with Gasteiger partial charge >= 0.3 is 15.2 Å². The maximum Gasteiger partial charge on any atom is 0.353 e. The van der Waals surface area contributed by atoms with E-state index in [2.05, 4.69) is 29.9 Å². The third kappa shape index (κ3) is 5.12. The molecule has 1 aliphatic carbocycles. The van der Waals surface area contributed by atoms with Crippen molar-refractivity contribution in [3.63, 3.8) is 0 Å². The van der Waals surface area contributed by atoms with Gasteiger partial charge in [-0.3, -0.25) is 13.7 Å². The van der Waals surface area contributed by atoms with Gasteiger partial charge in [-0.1, -0.05) is 0 Å². The first-order valence-electron chi connectivity index (χ1n) is 14.1. The molecule has 22 nitrogen and oxygen atoms in total. The summed E-state index contributed by atoms with van der Waals surface area (Å²) in [6.45, 7) is -1.17. The number of rotatable bonds is 2. The molecule has 4 aliphatic rings. The molecule has 0 spiro atoms. The number of hydrogen-bond donors (Lipinski definition) is 6. The summed E-state index contributed by atoms with van der Waals surface area (Å²) in [4.78, 5) is 45.8. The van der Waals surface area contributed by atoms with Crippen molar-refractivity contribution < 1.29 is 57.1 Å². The van der Waals surface area contributed by atoms with Gasteiger partial charge in [-0.25, -0.2) is 29.9 Å². The normalized spacial score (nSPS) is 40.9. The fraction of sp³-hybridized carbons (Fsp3) is 0.565. The molecule has 0 aromatic carbocycles. The number of hydrogen-bond acceptors (Lipinski definition) is 18. The molecule has 252 valence electrons. The van der Waals surface area contributed by atoms with Crippen LogP contribution < -0.4 is 11.5 Å². The van der Waals surface area contributed by atoms with E-state index < -0.39 is 95.6 Å². The molecule has 3 aliphatic heterocycles. The van der Waals surface area contributed by atoms with Crippen LogP contribution in [0.1, 0.15) is 12.3 Å². The largest absolute Gasteiger partial charge is 0.386 e. The number of imidazole rings is 2. The van der Waals surface area contributed by atoms with Crippen LogP contribution in [-0.4, -0.2) is 121 Å². The van der Waals surface area contributed by atoms with E-state index in [0.29, 0.717) is 11.2 Å². The van der Waals surface area contributed by atoms with Crippen LogP contribution in [0.4, 0.5) is 11.6 Å². The Morgan fingerprint density at radius 1 is 0.809 bits per heavy atom. The minimum Gasteiger partial charge on any atom is -0.386 e. The third-order valence-corrected chi connectivity index (χ3v) is 10.6. The van der Waals surface area contributed by atoms with E-state index in [1.807, 2.05) is 0 Å². The topological polar surface area (TPSA) is 310 Å². The van der Waals surface area contributed by atoms with Gasteiger partial charge in [0.1, 0.15) is 66.8 Å². The van der Waals surface area contributed by atoms with Crippen LogP contribution >= 0.6 is 15.2 Å². The van der Waals surface area contributed by atoms with Crippen LogP contribution in [0, 0.1) is 5.92 Å². The van der Waals surface area contributed by atoms with Crippen LogP contribution in [0.3, 0.4) is 0 Å². The summed E-state index contributed by atoms with van der Waals surface area (Å²) in [7, 11) is -9.04. The van der Waals surface area contributed by atoms with Gasteiger partial charge in [0.05, 0.1) is 37.9 Å². The minimum atomic E-state index is -4.52. The van der Waals surface area contributed by atoms with E-state index in [-0.39, 0.29) is 22.8 Å². The molecule has 7 unspecified atom stereocenters. The van der Waals surface area contributed by atoms with E-state index in [1.165, 1.54) is 34.4 Å². The summed E-state index contributed by atoms with van der Waals surface area (Å²) in [5.74, 6) is -2.50. The third-order valence-electron chi connectivity index (χ3n) is 8.59. The van der Waals surface area contributed by atoms with Gasteiger partial charge in [-0.05, 0) is 0 Å². The Morgan fingerprint density at radius 2 is 1.36 bits per heavy atom. The van der Waals surface area contributed by atoms with Crippen molar-refractivity contribution in [2.24, 2.45) is 5.92 Å². The van der Waals surface area contributed by atoms with Crippen LogP contribution in [-0.2, 0) is 37.1 Å². The lowest BCUT2D eigenvalue weighted by molar-refractivity contribution is -0.164. The monoisotopic (exact) mass is 698 g/mol. The quantitative estimate of drug-likeness (QED) is 0.129. The molecule has 3 saturated heterocycles. The predicted octanol–water partition coefficient (Wildman–Crippen LogP) is -1.55. The summed E-state index contributed by atoms with van der Waals surface area (Å²) < 4.78 is 63.0. The molecule has 1 saturated carbocycles. The van der Waals surface area contributed by atoms with Gasteiger partial charge in [0.2, 0.25) is 0 Å². The van der Waals surface area contributed by atoms with E-state index in [0.717, 1.165) is 0 Å². The molecule has 24 heteroatoms. The number of aliphatic hydroxyl groups is 2. The van der Waals surface area contributed by atoms with Crippen LogP contribution in [0.5, 0.6) is 0 Å². The highest BCUT2D eigenvalue weighted by Crippen LogP contribution is 2.65. The second-order valence-corrected chi connectivity index (χ2v) is 15.1. The average Bonchev–Trinajstić information content (AvgIpc) is 3.53. The molecule has 7 heterocycles. The SMILES string of the molecule is Nc1ncnc2c1ncn2[C@@H]1O[C@@H]2COP(=O)(O)COC3C4[C@H](n5cnc6c(N)ncnc65)C4(O)O[C@@H]3COP(=O)(O)COC2C1O. The predicted molar refractivity (Wildman–Crippen MR) is 153 cm³/mol. The van der Waals surface area contributed by atoms with Crippen molar-refractivity contribution in [3.05, 3.63) is 25.3 Å². The zero-order chi connectivity index (χ0) is 32.9. The molecule has 4 fully saturated rings. The summed E-state index contributed by atoms with van der Waals surface area (Å²) in [5, 5.41) is 22.6. The van der Waals surface area contributed by atoms with Gasteiger partial charge < -0.3 is 64.0 Å². The average molecular weight is 698 g/mol. The van der Waals surface area contributed by atoms with Crippen molar-refractivity contribution in [1.29, 1.82) is 0 Å². The second-order valence-electron chi connectivity index (χ2n) is 11.5. The number of aromatic nitrogens is 8. The Bertz CT molecular complexity index is 1960. The Balaban J connectivity index is 1.04. The second kappa shape index (κ2) is 10.9. The van der Waals surface area contributed by atoms with Gasteiger partial charge in [0, 0.05) is 0 Å². The van der Waals surface area contributed by atoms with E-state index in [9.17, 15) is 29.1 Å². The van der Waals surface area contributed by atoms with Crippen molar-refractivity contribution in [2.75, 3.05) is 37.4 Å². The van der Waals surface area contributed by atoms with Gasteiger partial charge in [-0.15, -0.1) is 0 Å². The fourth-order valence-corrected chi connectivity index (χ4v) is 8.04. The zero-order valence-corrected chi connectivity index (χ0v) is 25.7. The van der Waals surface area contributed by atoms with Crippen LogP contribution in [0.2, 0.25) is 0 Å². The van der Waals surface area contributed by atoms with Crippen molar-refractivity contribution >= 4 is 49.2 Å². The molecule has 8 rings (SSSR count). The number of anilines is 2. The summed E-state index contributed by atoms with van der Waals surface area (Å²) in [5.41, 5.74) is 12.8. The lowest BCUT2D eigenvalue weighted by Crippen LogP contribution is -2.38. The Labute approximate surface area is 262 Å². The standard InChI is InChI=1S/C23H28N10O12P2/c24-18-12-20(28-3-26-18)32(5-30-12)17-11-15-10(45-23(11,17)35)2-43-47(38,39)8-41-16-9(1-42-46(36,37)7-40-15)44-22(14(16)34)33-6-31-13-19(25)27-4-29-21(13)33/h3-6,9-11,14-17,22,34-35H,1-2,7-8H2,(H,36,37)(H,38,39)(H2,24,26,28)(H2,25,27,29)/t9-,10-,11?,14?,15?,16?,17+,22-,23?/m1/s1. The molecule has 4 aromatic heterocycles. The Morgan fingerprint density at radius 3 is 2.00 bits per heavy atom. The number of nitrogens with two attached hydrogens (primary N) is 2. The number of nitrogen functional groups attached to an aromatic ring is 2. The first-order chi connectivity index (χ1) is 22.4. The Hall–Kier alpha value is -3.24. The number of fused-ring (bicyclic) bond motifs is 6. The van der Waals surface area contributed by atoms with Gasteiger partial charge in [0.15, 0.2) is 34.9 Å². The number of aliphatic hydroxyl groups excluding tert-OH is 1. The Kier molecular flexibility index (Phi) is 7.19. The maximum absolute atomic E-state index is 13.2. The molecule has 4 aromatic rings. The molecule has 0 amide bonds. The lowest BCUT2D eigenvalue weighted by atomic mass is 10.1. The highest BCUT2D eigenvalue weighted by molar-refractivity contribution is 7.52. The first kappa shape index (κ1) is 31.1. The summed E-state index contributed by atoms with van der Waals surface area (Å²) in [6.07, 6.45) is -4.19.